The Morgan fingerprint density at radius 3 is 2.47 bits per heavy atom. The van der Waals surface area contributed by atoms with Crippen molar-refractivity contribution in [3.05, 3.63) is 33.8 Å². The van der Waals surface area contributed by atoms with Gasteiger partial charge in [-0.2, -0.15) is 0 Å². The third kappa shape index (κ3) is 4.66. The first-order valence-electron chi connectivity index (χ1n) is 5.84. The Morgan fingerprint density at radius 1 is 1.12 bits per heavy atom. The van der Waals surface area contributed by atoms with Gasteiger partial charge in [0, 0.05) is 10.4 Å². The van der Waals surface area contributed by atoms with Gasteiger partial charge < -0.3 is 0 Å². The normalized spacial score (nSPS) is 12.8. The zero-order chi connectivity index (χ0) is 12.8. The number of halogens is 4. The lowest BCUT2D eigenvalue weighted by Gasteiger charge is -2.12. The van der Waals surface area contributed by atoms with Crippen LogP contribution in [0.2, 0.25) is 0 Å². The van der Waals surface area contributed by atoms with Crippen LogP contribution in [0.4, 0.5) is 8.78 Å². The predicted molar refractivity (Wildman–Crippen MR) is 74.5 cm³/mol. The second-order valence-electron chi connectivity index (χ2n) is 4.10. The fourth-order valence-electron chi connectivity index (χ4n) is 1.68. The van der Waals surface area contributed by atoms with E-state index in [4.69, 9.17) is 0 Å². The Bertz CT molecular complexity index is 367. The van der Waals surface area contributed by atoms with E-state index in [1.807, 2.05) is 0 Å². The molecule has 0 N–H and O–H groups in total. The van der Waals surface area contributed by atoms with E-state index < -0.39 is 5.82 Å². The highest BCUT2D eigenvalue weighted by molar-refractivity contribution is 9.10. The summed E-state index contributed by atoms with van der Waals surface area (Å²) in [4.78, 5) is -0.109. The molecule has 96 valence electrons. The first-order valence-corrected chi connectivity index (χ1v) is 7.55. The van der Waals surface area contributed by atoms with E-state index in [0.717, 1.165) is 19.3 Å². The zero-order valence-corrected chi connectivity index (χ0v) is 13.0. The molecule has 0 aliphatic carbocycles. The lowest BCUT2D eigenvalue weighted by molar-refractivity contribution is 0.566. The summed E-state index contributed by atoms with van der Waals surface area (Å²) >= 11 is 6.40. The van der Waals surface area contributed by atoms with Crippen LogP contribution in [0.1, 0.15) is 49.4 Å². The van der Waals surface area contributed by atoms with Gasteiger partial charge in [0.2, 0.25) is 0 Å². The summed E-state index contributed by atoms with van der Waals surface area (Å²) in [7, 11) is 0. The molecule has 0 saturated carbocycles. The average Bonchev–Trinajstić information content (AvgIpc) is 2.29. The average molecular weight is 370 g/mol. The first kappa shape index (κ1) is 15.1. The molecule has 0 amide bonds. The molecule has 0 nitrogen and oxygen atoms in total. The van der Waals surface area contributed by atoms with E-state index in [1.165, 1.54) is 25.0 Å². The maximum absolute atomic E-state index is 13.6. The van der Waals surface area contributed by atoms with Crippen LogP contribution in [0.5, 0.6) is 0 Å². The van der Waals surface area contributed by atoms with Crippen LogP contribution in [0.15, 0.2) is 16.6 Å². The fourth-order valence-corrected chi connectivity index (χ4v) is 2.67. The minimum absolute atomic E-state index is 0.109. The third-order valence-electron chi connectivity index (χ3n) is 2.69. The molecular formula is C13H16Br2F2. The Kier molecular flexibility index (Phi) is 6.63. The summed E-state index contributed by atoms with van der Waals surface area (Å²) in [5.74, 6) is -0.782. The first-order chi connectivity index (χ1) is 8.06. The standard InChI is InChI=1S/C13H16Br2F2/c1-2-3-4-5-6-10(14)9-7-13(17)11(15)8-12(9)16/h7-8,10H,2-6H2,1H3. The summed E-state index contributed by atoms with van der Waals surface area (Å²) < 4.78 is 27.1. The van der Waals surface area contributed by atoms with Crippen LogP contribution in [0.25, 0.3) is 0 Å². The molecule has 0 radical (unpaired) electrons. The minimum atomic E-state index is -0.417. The van der Waals surface area contributed by atoms with Gasteiger partial charge in [-0.25, -0.2) is 8.78 Å². The van der Waals surface area contributed by atoms with Crippen molar-refractivity contribution in [1.29, 1.82) is 0 Å². The Balaban J connectivity index is 2.62. The van der Waals surface area contributed by atoms with Crippen molar-refractivity contribution >= 4 is 31.9 Å². The highest BCUT2D eigenvalue weighted by atomic mass is 79.9. The molecule has 1 rings (SSSR count). The summed E-state index contributed by atoms with van der Waals surface area (Å²) in [5, 5.41) is 0. The van der Waals surface area contributed by atoms with Crippen LogP contribution in [-0.4, -0.2) is 0 Å². The number of benzene rings is 1. The Hall–Kier alpha value is 0.0400. The van der Waals surface area contributed by atoms with E-state index in [1.54, 1.807) is 0 Å². The molecular weight excluding hydrogens is 354 g/mol. The van der Waals surface area contributed by atoms with Crippen molar-refractivity contribution < 1.29 is 8.78 Å². The van der Waals surface area contributed by atoms with Crippen LogP contribution in [0, 0.1) is 11.6 Å². The third-order valence-corrected chi connectivity index (χ3v) is 4.25. The molecule has 4 heteroatoms. The highest BCUT2D eigenvalue weighted by Crippen LogP contribution is 2.33. The van der Waals surface area contributed by atoms with Crippen molar-refractivity contribution in [3.63, 3.8) is 0 Å². The molecule has 0 heterocycles. The van der Waals surface area contributed by atoms with E-state index in [2.05, 4.69) is 38.8 Å². The largest absolute Gasteiger partial charge is 0.207 e. The van der Waals surface area contributed by atoms with E-state index >= 15 is 0 Å². The van der Waals surface area contributed by atoms with Crippen LogP contribution < -0.4 is 0 Å². The summed E-state index contributed by atoms with van der Waals surface area (Å²) in [6.07, 6.45) is 5.36. The lowest BCUT2D eigenvalue weighted by atomic mass is 10.0. The molecule has 0 bridgehead atoms. The maximum Gasteiger partial charge on any atom is 0.137 e. The topological polar surface area (TPSA) is 0 Å². The molecule has 0 fully saturated rings. The fraction of sp³-hybridized carbons (Fsp3) is 0.538. The second kappa shape index (κ2) is 7.47. The van der Waals surface area contributed by atoms with E-state index in [9.17, 15) is 8.78 Å². The van der Waals surface area contributed by atoms with Gasteiger partial charge in [-0.1, -0.05) is 48.5 Å². The summed E-state index contributed by atoms with van der Waals surface area (Å²) in [5.41, 5.74) is 0.405. The minimum Gasteiger partial charge on any atom is -0.207 e. The van der Waals surface area contributed by atoms with Crippen molar-refractivity contribution in [2.45, 2.75) is 43.9 Å². The SMILES string of the molecule is CCCCCCC(Br)c1cc(F)c(Br)cc1F. The molecule has 0 spiro atoms. The van der Waals surface area contributed by atoms with Gasteiger partial charge in [0.25, 0.3) is 0 Å². The molecule has 17 heavy (non-hydrogen) atoms. The van der Waals surface area contributed by atoms with Crippen molar-refractivity contribution in [3.8, 4) is 0 Å². The molecule has 0 saturated heterocycles. The molecule has 0 aliphatic rings. The predicted octanol–water partition coefficient (Wildman–Crippen LogP) is 6.13. The zero-order valence-electron chi connectivity index (χ0n) is 9.78. The smallest absolute Gasteiger partial charge is 0.137 e. The van der Waals surface area contributed by atoms with E-state index in [0.29, 0.717) is 5.56 Å². The number of hydrogen-bond acceptors (Lipinski definition) is 0. The van der Waals surface area contributed by atoms with Crippen LogP contribution in [-0.2, 0) is 0 Å². The molecule has 1 aromatic carbocycles. The van der Waals surface area contributed by atoms with Gasteiger partial charge in [0.1, 0.15) is 11.6 Å². The maximum atomic E-state index is 13.6. The highest BCUT2D eigenvalue weighted by Gasteiger charge is 2.15. The monoisotopic (exact) mass is 368 g/mol. The van der Waals surface area contributed by atoms with Crippen LogP contribution >= 0.6 is 31.9 Å². The molecule has 1 aromatic rings. The van der Waals surface area contributed by atoms with Crippen molar-refractivity contribution in [2.75, 3.05) is 0 Å². The molecule has 0 aromatic heterocycles. The van der Waals surface area contributed by atoms with E-state index in [-0.39, 0.29) is 15.1 Å². The molecule has 0 aliphatic heterocycles. The number of hydrogen-bond donors (Lipinski definition) is 0. The van der Waals surface area contributed by atoms with Gasteiger partial charge in [-0.15, -0.1) is 0 Å². The molecule has 1 unspecified atom stereocenters. The summed E-state index contributed by atoms with van der Waals surface area (Å²) in [6.45, 7) is 2.15. The number of rotatable bonds is 6. The van der Waals surface area contributed by atoms with Crippen molar-refractivity contribution in [2.24, 2.45) is 0 Å². The Morgan fingerprint density at radius 2 is 1.82 bits per heavy atom. The van der Waals surface area contributed by atoms with Crippen LogP contribution in [0.3, 0.4) is 0 Å². The van der Waals surface area contributed by atoms with Crippen molar-refractivity contribution in [1.82, 2.24) is 0 Å². The lowest BCUT2D eigenvalue weighted by Crippen LogP contribution is -1.97. The quantitative estimate of drug-likeness (QED) is 0.321. The van der Waals surface area contributed by atoms with Gasteiger partial charge in [-0.05, 0) is 34.5 Å². The number of unbranched alkanes of at least 4 members (excludes halogenated alkanes) is 3. The van der Waals surface area contributed by atoms with Gasteiger partial charge in [0.15, 0.2) is 0 Å². The molecule has 1 atom stereocenters. The van der Waals surface area contributed by atoms with Gasteiger partial charge in [0.05, 0.1) is 4.47 Å². The summed E-state index contributed by atoms with van der Waals surface area (Å²) in [6, 6.07) is 2.45. The van der Waals surface area contributed by atoms with Gasteiger partial charge >= 0.3 is 0 Å². The second-order valence-corrected chi connectivity index (χ2v) is 6.06. The van der Waals surface area contributed by atoms with Gasteiger partial charge in [-0.3, -0.25) is 0 Å². The Labute approximate surface area is 118 Å². The number of alkyl halides is 1.